The molecule has 2 rings (SSSR count). The first-order valence-electron chi connectivity index (χ1n) is 6.08. The minimum Gasteiger partial charge on any atom is -0.445 e. The zero-order valence-corrected chi connectivity index (χ0v) is 11.8. The number of hydrogen-bond donors (Lipinski definition) is 1. The average Bonchev–Trinajstić information content (AvgIpc) is 2.81. The minimum atomic E-state index is 0.763. The van der Waals surface area contributed by atoms with Crippen molar-refractivity contribution in [3.8, 4) is 0 Å². The summed E-state index contributed by atoms with van der Waals surface area (Å²) in [5.74, 6) is 2.41. The summed E-state index contributed by atoms with van der Waals surface area (Å²) in [5, 5.41) is 3.24. The van der Waals surface area contributed by atoms with Crippen molar-refractivity contribution in [2.24, 2.45) is 0 Å². The van der Waals surface area contributed by atoms with Crippen LogP contribution in [0.4, 0.5) is 5.69 Å². The second-order valence-corrected chi connectivity index (χ2v) is 5.04. The van der Waals surface area contributed by atoms with Gasteiger partial charge in [0.1, 0.15) is 5.76 Å². The number of aryl methyl sites for hydroxylation is 2. The van der Waals surface area contributed by atoms with Gasteiger partial charge in [0, 0.05) is 17.6 Å². The van der Waals surface area contributed by atoms with Gasteiger partial charge < -0.3 is 9.73 Å². The zero-order valence-electron chi connectivity index (χ0n) is 11.0. The summed E-state index contributed by atoms with van der Waals surface area (Å²) in [6, 6.07) is 6.36. The summed E-state index contributed by atoms with van der Waals surface area (Å²) in [5.41, 5.74) is 2.53. The van der Waals surface area contributed by atoms with E-state index in [4.69, 9.17) is 4.42 Å². The van der Waals surface area contributed by atoms with E-state index in [0.29, 0.717) is 0 Å². The lowest BCUT2D eigenvalue weighted by molar-refractivity contribution is 0.490. The average molecular weight is 262 g/mol. The van der Waals surface area contributed by atoms with E-state index < -0.39 is 0 Å². The standard InChI is InChI=1S/C14H18N2OS/c1-4-11-6-5-7-12(15-3)14(11)18-9-13-16-8-10(2)17-13/h5-8,15H,4,9H2,1-3H3. The van der Waals surface area contributed by atoms with Gasteiger partial charge in [-0.15, -0.1) is 11.8 Å². The number of benzene rings is 1. The molecule has 0 fully saturated rings. The smallest absolute Gasteiger partial charge is 0.204 e. The molecule has 18 heavy (non-hydrogen) atoms. The van der Waals surface area contributed by atoms with E-state index in [1.54, 1.807) is 18.0 Å². The first-order valence-corrected chi connectivity index (χ1v) is 7.07. The Hall–Kier alpha value is -1.42. The summed E-state index contributed by atoms with van der Waals surface area (Å²) in [4.78, 5) is 5.52. The SMILES string of the molecule is CCc1cccc(NC)c1SCc1ncc(C)o1. The van der Waals surface area contributed by atoms with Crippen molar-refractivity contribution < 1.29 is 4.42 Å². The van der Waals surface area contributed by atoms with E-state index in [1.807, 2.05) is 14.0 Å². The van der Waals surface area contributed by atoms with Gasteiger partial charge in [0.2, 0.25) is 5.89 Å². The Bertz CT molecular complexity index is 500. The molecule has 0 saturated carbocycles. The van der Waals surface area contributed by atoms with E-state index in [2.05, 4.69) is 35.4 Å². The van der Waals surface area contributed by atoms with E-state index in [1.165, 1.54) is 16.1 Å². The Balaban J connectivity index is 2.17. The van der Waals surface area contributed by atoms with Crippen molar-refractivity contribution >= 4 is 17.4 Å². The van der Waals surface area contributed by atoms with Gasteiger partial charge in [0.25, 0.3) is 0 Å². The highest BCUT2D eigenvalue weighted by Gasteiger charge is 2.09. The lowest BCUT2D eigenvalue weighted by Crippen LogP contribution is -1.95. The summed E-state index contributed by atoms with van der Waals surface area (Å²) >= 11 is 1.77. The molecule has 0 aliphatic heterocycles. The molecule has 0 bridgehead atoms. The van der Waals surface area contributed by atoms with Gasteiger partial charge in [-0.05, 0) is 25.0 Å². The molecule has 0 unspecified atom stereocenters. The highest BCUT2D eigenvalue weighted by molar-refractivity contribution is 7.98. The van der Waals surface area contributed by atoms with Crippen LogP contribution in [0, 0.1) is 6.92 Å². The summed E-state index contributed by atoms with van der Waals surface area (Å²) in [7, 11) is 1.95. The molecular weight excluding hydrogens is 244 g/mol. The third-order valence-corrected chi connectivity index (χ3v) is 3.92. The Morgan fingerprint density at radius 3 is 2.83 bits per heavy atom. The van der Waals surface area contributed by atoms with Crippen molar-refractivity contribution in [2.45, 2.75) is 30.9 Å². The summed E-state index contributed by atoms with van der Waals surface area (Å²) in [6.45, 7) is 4.09. The number of thioether (sulfide) groups is 1. The first-order chi connectivity index (χ1) is 8.74. The van der Waals surface area contributed by atoms with Gasteiger partial charge in [-0.25, -0.2) is 4.98 Å². The zero-order chi connectivity index (χ0) is 13.0. The Morgan fingerprint density at radius 1 is 1.39 bits per heavy atom. The quantitative estimate of drug-likeness (QED) is 0.830. The van der Waals surface area contributed by atoms with Crippen LogP contribution in [-0.4, -0.2) is 12.0 Å². The molecule has 0 spiro atoms. The van der Waals surface area contributed by atoms with Crippen LogP contribution in [0.1, 0.15) is 24.1 Å². The number of oxazole rings is 1. The fraction of sp³-hybridized carbons (Fsp3) is 0.357. The maximum atomic E-state index is 5.50. The highest BCUT2D eigenvalue weighted by atomic mass is 32.2. The molecule has 1 heterocycles. The molecule has 0 saturated heterocycles. The monoisotopic (exact) mass is 262 g/mol. The van der Waals surface area contributed by atoms with Crippen molar-refractivity contribution in [1.29, 1.82) is 0 Å². The maximum absolute atomic E-state index is 5.50. The normalized spacial score (nSPS) is 10.6. The van der Waals surface area contributed by atoms with Crippen molar-refractivity contribution in [2.75, 3.05) is 12.4 Å². The fourth-order valence-electron chi connectivity index (χ4n) is 1.83. The van der Waals surface area contributed by atoms with Crippen LogP contribution in [0.3, 0.4) is 0 Å². The largest absolute Gasteiger partial charge is 0.445 e. The van der Waals surface area contributed by atoms with Gasteiger partial charge in [-0.2, -0.15) is 0 Å². The van der Waals surface area contributed by atoms with Gasteiger partial charge in [0.05, 0.1) is 11.9 Å². The summed E-state index contributed by atoms with van der Waals surface area (Å²) < 4.78 is 5.50. The van der Waals surface area contributed by atoms with E-state index >= 15 is 0 Å². The number of aromatic nitrogens is 1. The molecule has 2 aromatic rings. The molecular formula is C14H18N2OS. The van der Waals surface area contributed by atoms with Crippen LogP contribution < -0.4 is 5.32 Å². The van der Waals surface area contributed by atoms with Gasteiger partial charge >= 0.3 is 0 Å². The predicted octanol–water partition coefficient (Wildman–Crippen LogP) is 3.88. The second kappa shape index (κ2) is 5.96. The molecule has 0 aliphatic rings. The van der Waals surface area contributed by atoms with E-state index in [9.17, 15) is 0 Å². The summed E-state index contributed by atoms with van der Waals surface area (Å²) in [6.07, 6.45) is 2.79. The van der Waals surface area contributed by atoms with Crippen LogP contribution in [0.25, 0.3) is 0 Å². The van der Waals surface area contributed by atoms with Crippen molar-refractivity contribution in [3.05, 3.63) is 41.6 Å². The number of nitrogens with one attached hydrogen (secondary N) is 1. The minimum absolute atomic E-state index is 0.763. The Morgan fingerprint density at radius 2 is 2.22 bits per heavy atom. The van der Waals surface area contributed by atoms with Crippen molar-refractivity contribution in [1.82, 2.24) is 4.98 Å². The maximum Gasteiger partial charge on any atom is 0.204 e. The number of nitrogens with zero attached hydrogens (tertiary/aromatic N) is 1. The van der Waals surface area contributed by atoms with Crippen LogP contribution in [0.15, 0.2) is 33.7 Å². The molecule has 0 atom stereocenters. The third kappa shape index (κ3) is 2.88. The topological polar surface area (TPSA) is 38.1 Å². The van der Waals surface area contributed by atoms with E-state index in [-0.39, 0.29) is 0 Å². The molecule has 4 heteroatoms. The molecule has 1 aromatic heterocycles. The predicted molar refractivity (Wildman–Crippen MR) is 76.2 cm³/mol. The molecule has 0 aliphatic carbocycles. The number of rotatable bonds is 5. The fourth-order valence-corrected chi connectivity index (χ4v) is 2.96. The van der Waals surface area contributed by atoms with Crippen LogP contribution in [0.5, 0.6) is 0 Å². The lowest BCUT2D eigenvalue weighted by atomic mass is 10.1. The third-order valence-electron chi connectivity index (χ3n) is 2.76. The molecule has 96 valence electrons. The van der Waals surface area contributed by atoms with E-state index in [0.717, 1.165) is 23.8 Å². The number of anilines is 1. The molecule has 1 N–H and O–H groups in total. The van der Waals surface area contributed by atoms with Gasteiger partial charge in [-0.1, -0.05) is 19.1 Å². The first kappa shape index (κ1) is 13.0. The second-order valence-electron chi connectivity index (χ2n) is 4.05. The molecule has 1 aromatic carbocycles. The van der Waals surface area contributed by atoms with Crippen molar-refractivity contribution in [3.63, 3.8) is 0 Å². The van der Waals surface area contributed by atoms with Crippen LogP contribution >= 0.6 is 11.8 Å². The number of hydrogen-bond acceptors (Lipinski definition) is 4. The van der Waals surface area contributed by atoms with Crippen LogP contribution in [0.2, 0.25) is 0 Å². The molecule has 0 amide bonds. The Labute approximate surface area is 112 Å². The Kier molecular flexibility index (Phi) is 4.31. The highest BCUT2D eigenvalue weighted by Crippen LogP contribution is 2.33. The van der Waals surface area contributed by atoms with Gasteiger partial charge in [-0.3, -0.25) is 0 Å². The van der Waals surface area contributed by atoms with Crippen LogP contribution in [-0.2, 0) is 12.2 Å². The molecule has 3 nitrogen and oxygen atoms in total. The lowest BCUT2D eigenvalue weighted by Gasteiger charge is -2.12. The molecule has 0 radical (unpaired) electrons. The van der Waals surface area contributed by atoms with Gasteiger partial charge in [0.15, 0.2) is 0 Å².